The van der Waals surface area contributed by atoms with Crippen LogP contribution in [0.25, 0.3) is 0 Å². The highest BCUT2D eigenvalue weighted by Gasteiger charge is 2.27. The minimum absolute atomic E-state index is 0.216. The van der Waals surface area contributed by atoms with Gasteiger partial charge in [0.2, 0.25) is 15.2 Å². The summed E-state index contributed by atoms with van der Waals surface area (Å²) in [6.45, 7) is 3.22. The molecule has 0 atom stereocenters. The van der Waals surface area contributed by atoms with E-state index in [1.54, 1.807) is 0 Å². The van der Waals surface area contributed by atoms with E-state index >= 15 is 0 Å². The molecule has 0 spiro atoms. The van der Waals surface area contributed by atoms with Gasteiger partial charge in [-0.25, -0.2) is 8.42 Å². The number of nitrogens with one attached hydrogen (secondary N) is 1. The van der Waals surface area contributed by atoms with E-state index in [0.717, 1.165) is 37.1 Å². The van der Waals surface area contributed by atoms with E-state index in [2.05, 4.69) is 22.4 Å². The summed E-state index contributed by atoms with van der Waals surface area (Å²) in [5.74, 6) is -0.326. The predicted octanol–water partition coefficient (Wildman–Crippen LogP) is 2.92. The molecule has 2 aromatic rings. The average Bonchev–Trinajstić information content (AvgIpc) is 3.32. The maximum absolute atomic E-state index is 12.5. The van der Waals surface area contributed by atoms with Crippen LogP contribution in [0.2, 0.25) is 0 Å². The number of amides is 1. The highest BCUT2D eigenvalue weighted by atomic mass is 32.2. The number of aryl methyl sites for hydroxylation is 1. The monoisotopic (exact) mass is 394 g/mol. The fourth-order valence-corrected chi connectivity index (χ4v) is 5.05. The van der Waals surface area contributed by atoms with Gasteiger partial charge in [-0.2, -0.15) is 4.31 Å². The normalized spacial score (nSPS) is 15.3. The zero-order valence-corrected chi connectivity index (χ0v) is 16.3. The molecular formula is C17H22N4O3S2. The Labute approximate surface area is 157 Å². The number of hydrogen-bond donors (Lipinski definition) is 1. The quantitative estimate of drug-likeness (QED) is 0.779. The highest BCUT2D eigenvalue weighted by molar-refractivity contribution is 7.89. The van der Waals surface area contributed by atoms with Crippen molar-refractivity contribution in [1.82, 2.24) is 14.5 Å². The fourth-order valence-electron chi connectivity index (χ4n) is 2.76. The SMILES string of the molecule is CCCCc1nnc(NC(=O)c2ccc(S(=O)(=O)N3CCCC3)cc2)s1. The molecular weight excluding hydrogens is 372 g/mol. The Kier molecular flexibility index (Phi) is 6.00. The summed E-state index contributed by atoms with van der Waals surface area (Å²) in [6.07, 6.45) is 4.75. The Morgan fingerprint density at radius 1 is 1.19 bits per heavy atom. The van der Waals surface area contributed by atoms with Gasteiger partial charge in [0, 0.05) is 25.1 Å². The molecule has 0 aliphatic carbocycles. The van der Waals surface area contributed by atoms with Crippen LogP contribution in [0.5, 0.6) is 0 Å². The number of rotatable bonds is 7. The van der Waals surface area contributed by atoms with Crippen molar-refractivity contribution in [3.05, 3.63) is 34.8 Å². The average molecular weight is 395 g/mol. The van der Waals surface area contributed by atoms with Gasteiger partial charge in [-0.1, -0.05) is 24.7 Å². The van der Waals surface area contributed by atoms with E-state index in [0.29, 0.717) is 23.8 Å². The first-order valence-corrected chi connectivity index (χ1v) is 11.0. The van der Waals surface area contributed by atoms with Crippen LogP contribution >= 0.6 is 11.3 Å². The predicted molar refractivity (Wildman–Crippen MR) is 101 cm³/mol. The topological polar surface area (TPSA) is 92.3 Å². The zero-order valence-electron chi connectivity index (χ0n) is 14.6. The first-order valence-electron chi connectivity index (χ1n) is 8.74. The molecule has 1 aromatic carbocycles. The van der Waals surface area contributed by atoms with Gasteiger partial charge in [0.05, 0.1) is 4.90 Å². The van der Waals surface area contributed by atoms with E-state index in [9.17, 15) is 13.2 Å². The third-order valence-corrected chi connectivity index (χ3v) is 7.06. The van der Waals surface area contributed by atoms with Crippen molar-refractivity contribution in [1.29, 1.82) is 0 Å². The minimum atomic E-state index is -3.46. The van der Waals surface area contributed by atoms with Crippen LogP contribution in [0.4, 0.5) is 5.13 Å². The van der Waals surface area contributed by atoms with Crippen LogP contribution < -0.4 is 5.32 Å². The number of anilines is 1. The molecule has 1 aliphatic rings. The van der Waals surface area contributed by atoms with Crippen LogP contribution in [0.15, 0.2) is 29.2 Å². The van der Waals surface area contributed by atoms with E-state index in [1.165, 1.54) is 39.9 Å². The first-order chi connectivity index (χ1) is 12.5. The number of carbonyl (C=O) groups is 1. The largest absolute Gasteiger partial charge is 0.296 e. The maximum Gasteiger partial charge on any atom is 0.257 e. The highest BCUT2D eigenvalue weighted by Crippen LogP contribution is 2.22. The van der Waals surface area contributed by atoms with Crippen molar-refractivity contribution in [2.75, 3.05) is 18.4 Å². The van der Waals surface area contributed by atoms with Crippen molar-refractivity contribution >= 4 is 32.4 Å². The first kappa shape index (κ1) is 18.9. The van der Waals surface area contributed by atoms with Crippen LogP contribution in [0, 0.1) is 0 Å². The lowest BCUT2D eigenvalue weighted by atomic mass is 10.2. The fraction of sp³-hybridized carbons (Fsp3) is 0.471. The number of hydrogen-bond acceptors (Lipinski definition) is 6. The lowest BCUT2D eigenvalue weighted by Gasteiger charge is -2.15. The second kappa shape index (κ2) is 8.24. The van der Waals surface area contributed by atoms with Crippen molar-refractivity contribution < 1.29 is 13.2 Å². The van der Waals surface area contributed by atoms with Gasteiger partial charge in [0.25, 0.3) is 5.91 Å². The Balaban J connectivity index is 1.66. The van der Waals surface area contributed by atoms with Gasteiger partial charge in [-0.05, 0) is 43.5 Å². The van der Waals surface area contributed by atoms with Crippen molar-refractivity contribution in [2.24, 2.45) is 0 Å². The minimum Gasteiger partial charge on any atom is -0.296 e. The molecule has 3 rings (SSSR count). The van der Waals surface area contributed by atoms with Crippen LogP contribution in [-0.2, 0) is 16.4 Å². The van der Waals surface area contributed by atoms with Crippen molar-refractivity contribution in [3.63, 3.8) is 0 Å². The molecule has 1 saturated heterocycles. The van der Waals surface area contributed by atoms with Gasteiger partial charge in [-0.3, -0.25) is 10.1 Å². The number of nitrogens with zero attached hydrogens (tertiary/aromatic N) is 3. The second-order valence-electron chi connectivity index (χ2n) is 6.19. The lowest BCUT2D eigenvalue weighted by Crippen LogP contribution is -2.27. The summed E-state index contributed by atoms with van der Waals surface area (Å²) in [5.41, 5.74) is 0.385. The summed E-state index contributed by atoms with van der Waals surface area (Å²) in [7, 11) is -3.46. The zero-order chi connectivity index (χ0) is 18.6. The molecule has 1 aliphatic heterocycles. The second-order valence-corrected chi connectivity index (χ2v) is 9.19. The lowest BCUT2D eigenvalue weighted by molar-refractivity contribution is 0.102. The third kappa shape index (κ3) is 4.28. The van der Waals surface area contributed by atoms with Crippen molar-refractivity contribution in [2.45, 2.75) is 43.9 Å². The number of benzene rings is 1. The Morgan fingerprint density at radius 3 is 2.54 bits per heavy atom. The molecule has 7 nitrogen and oxygen atoms in total. The maximum atomic E-state index is 12.5. The molecule has 0 saturated carbocycles. The molecule has 1 fully saturated rings. The Bertz CT molecular complexity index is 856. The van der Waals surface area contributed by atoms with Gasteiger partial charge < -0.3 is 0 Å². The summed E-state index contributed by atoms with van der Waals surface area (Å²) in [4.78, 5) is 12.5. The molecule has 0 bridgehead atoms. The Hall–Kier alpha value is -1.84. The van der Waals surface area contributed by atoms with Gasteiger partial charge in [-0.15, -0.1) is 10.2 Å². The van der Waals surface area contributed by atoms with E-state index in [-0.39, 0.29) is 10.8 Å². The number of sulfonamides is 1. The number of carbonyl (C=O) groups excluding carboxylic acids is 1. The summed E-state index contributed by atoms with van der Waals surface area (Å²) >= 11 is 1.36. The van der Waals surface area contributed by atoms with E-state index < -0.39 is 10.0 Å². The van der Waals surface area contributed by atoms with E-state index in [1.807, 2.05) is 0 Å². The molecule has 0 radical (unpaired) electrons. The van der Waals surface area contributed by atoms with Crippen LogP contribution in [0.3, 0.4) is 0 Å². The van der Waals surface area contributed by atoms with E-state index in [4.69, 9.17) is 0 Å². The van der Waals surface area contributed by atoms with Gasteiger partial charge in [0.15, 0.2) is 0 Å². The molecule has 1 N–H and O–H groups in total. The summed E-state index contributed by atoms with van der Waals surface area (Å²) in [6, 6.07) is 6.01. The molecule has 1 amide bonds. The third-order valence-electron chi connectivity index (χ3n) is 4.25. The smallest absolute Gasteiger partial charge is 0.257 e. The van der Waals surface area contributed by atoms with Gasteiger partial charge >= 0.3 is 0 Å². The van der Waals surface area contributed by atoms with Crippen molar-refractivity contribution in [3.8, 4) is 0 Å². The molecule has 140 valence electrons. The molecule has 26 heavy (non-hydrogen) atoms. The molecule has 2 heterocycles. The summed E-state index contributed by atoms with van der Waals surface area (Å²) in [5, 5.41) is 12.1. The van der Waals surface area contributed by atoms with Crippen LogP contribution in [-0.4, -0.2) is 41.9 Å². The Morgan fingerprint density at radius 2 is 1.88 bits per heavy atom. The van der Waals surface area contributed by atoms with Gasteiger partial charge in [0.1, 0.15) is 5.01 Å². The number of aromatic nitrogens is 2. The molecule has 1 aromatic heterocycles. The molecule has 0 unspecified atom stereocenters. The number of unbranched alkanes of at least 4 members (excludes halogenated alkanes) is 1. The molecule has 9 heteroatoms. The van der Waals surface area contributed by atoms with Crippen LogP contribution in [0.1, 0.15) is 48.0 Å². The standard InChI is InChI=1S/C17H22N4O3S2/c1-2-3-6-15-19-20-17(25-15)18-16(22)13-7-9-14(10-8-13)26(23,24)21-11-4-5-12-21/h7-10H,2-6,11-12H2,1H3,(H,18,20,22). The summed E-state index contributed by atoms with van der Waals surface area (Å²) < 4.78 is 26.5.